The van der Waals surface area contributed by atoms with E-state index in [0.717, 1.165) is 17.7 Å². The molecule has 0 aliphatic carbocycles. The van der Waals surface area contributed by atoms with Crippen LogP contribution in [0, 0.1) is 10.1 Å². The van der Waals surface area contributed by atoms with Crippen LogP contribution >= 0.6 is 11.8 Å². The molecular weight excluding hydrogens is 248 g/mol. The van der Waals surface area contributed by atoms with Gasteiger partial charge in [-0.2, -0.15) is 11.8 Å². The van der Waals surface area contributed by atoms with E-state index in [1.807, 2.05) is 30.8 Å². The van der Waals surface area contributed by atoms with Crippen molar-refractivity contribution in [3.63, 3.8) is 0 Å². The highest BCUT2D eigenvalue weighted by Gasteiger charge is 2.18. The summed E-state index contributed by atoms with van der Waals surface area (Å²) in [7, 11) is 0. The summed E-state index contributed by atoms with van der Waals surface area (Å²) in [6.07, 6.45) is 3.14. The van der Waals surface area contributed by atoms with Gasteiger partial charge in [0.15, 0.2) is 0 Å². The minimum atomic E-state index is -0.319. The van der Waals surface area contributed by atoms with E-state index in [-0.39, 0.29) is 16.7 Å². The highest BCUT2D eigenvalue weighted by molar-refractivity contribution is 7.98. The second-order valence-electron chi connectivity index (χ2n) is 4.39. The molecule has 5 heteroatoms. The van der Waals surface area contributed by atoms with Crippen molar-refractivity contribution < 1.29 is 4.92 Å². The van der Waals surface area contributed by atoms with Crippen LogP contribution in [0.5, 0.6) is 0 Å². The zero-order valence-electron chi connectivity index (χ0n) is 11.1. The lowest BCUT2D eigenvalue weighted by atomic mass is 10.1. The molecule has 0 aliphatic rings. The minimum Gasteiger partial charge on any atom is -0.307 e. The number of benzene rings is 1. The van der Waals surface area contributed by atoms with Crippen molar-refractivity contribution in [2.75, 3.05) is 12.0 Å². The molecule has 0 bridgehead atoms. The molecular formula is C13H20N2O2S. The van der Waals surface area contributed by atoms with Crippen molar-refractivity contribution in [3.8, 4) is 0 Å². The van der Waals surface area contributed by atoms with Gasteiger partial charge in [-0.25, -0.2) is 0 Å². The van der Waals surface area contributed by atoms with Crippen LogP contribution in [0.1, 0.15) is 31.9 Å². The molecule has 2 unspecified atom stereocenters. The highest BCUT2D eigenvalue weighted by Crippen LogP contribution is 2.24. The van der Waals surface area contributed by atoms with E-state index in [9.17, 15) is 10.1 Å². The number of para-hydroxylation sites is 1. The van der Waals surface area contributed by atoms with Gasteiger partial charge in [-0.15, -0.1) is 0 Å². The van der Waals surface area contributed by atoms with E-state index >= 15 is 0 Å². The minimum absolute atomic E-state index is 0.0107. The summed E-state index contributed by atoms with van der Waals surface area (Å²) >= 11 is 1.81. The van der Waals surface area contributed by atoms with Gasteiger partial charge in [0.2, 0.25) is 0 Å². The zero-order valence-corrected chi connectivity index (χ0v) is 11.9. The van der Waals surface area contributed by atoms with Crippen molar-refractivity contribution >= 4 is 17.4 Å². The van der Waals surface area contributed by atoms with E-state index in [1.54, 1.807) is 12.1 Å². The predicted molar refractivity (Wildman–Crippen MR) is 77.1 cm³/mol. The second kappa shape index (κ2) is 7.38. The summed E-state index contributed by atoms with van der Waals surface area (Å²) in [6.45, 7) is 4.08. The van der Waals surface area contributed by atoms with Gasteiger partial charge in [0, 0.05) is 23.7 Å². The molecule has 1 aromatic rings. The number of nitro benzene ring substituents is 1. The molecule has 0 saturated carbocycles. The molecule has 0 spiro atoms. The van der Waals surface area contributed by atoms with Gasteiger partial charge >= 0.3 is 0 Å². The fourth-order valence-electron chi connectivity index (χ4n) is 1.91. The van der Waals surface area contributed by atoms with E-state index < -0.39 is 0 Å². The third-order valence-electron chi connectivity index (χ3n) is 2.89. The lowest BCUT2D eigenvalue weighted by Crippen LogP contribution is -2.29. The lowest BCUT2D eigenvalue weighted by Gasteiger charge is -2.20. The Bertz CT molecular complexity index is 398. The van der Waals surface area contributed by atoms with Gasteiger partial charge in [0.25, 0.3) is 5.69 Å². The first-order valence-electron chi connectivity index (χ1n) is 6.04. The van der Waals surface area contributed by atoms with Crippen LogP contribution in [0.2, 0.25) is 0 Å². The quantitative estimate of drug-likeness (QED) is 0.608. The molecule has 2 atom stereocenters. The third kappa shape index (κ3) is 4.31. The molecule has 0 aromatic heterocycles. The highest BCUT2D eigenvalue weighted by atomic mass is 32.2. The van der Waals surface area contributed by atoms with Crippen LogP contribution in [0.25, 0.3) is 0 Å². The molecule has 1 aromatic carbocycles. The van der Waals surface area contributed by atoms with Crippen molar-refractivity contribution in [2.24, 2.45) is 0 Å². The topological polar surface area (TPSA) is 55.2 Å². The number of nitrogens with one attached hydrogen (secondary N) is 1. The zero-order chi connectivity index (χ0) is 13.5. The van der Waals surface area contributed by atoms with Gasteiger partial charge in [-0.3, -0.25) is 10.1 Å². The monoisotopic (exact) mass is 268 g/mol. The standard InChI is InChI=1S/C13H20N2O2S/c1-10(8-9-18-3)14-11(2)12-6-4-5-7-13(12)15(16)17/h4-7,10-11,14H,8-9H2,1-3H3. The molecule has 0 radical (unpaired) electrons. The Labute approximate surface area is 112 Å². The first-order chi connectivity index (χ1) is 8.56. The van der Waals surface area contributed by atoms with E-state index in [4.69, 9.17) is 0 Å². The first-order valence-corrected chi connectivity index (χ1v) is 7.44. The van der Waals surface area contributed by atoms with Crippen LogP contribution in [-0.2, 0) is 0 Å². The molecule has 4 nitrogen and oxygen atoms in total. The van der Waals surface area contributed by atoms with Gasteiger partial charge in [-0.05, 0) is 32.3 Å². The van der Waals surface area contributed by atoms with E-state index in [1.165, 1.54) is 0 Å². The maximum atomic E-state index is 11.0. The fourth-order valence-corrected chi connectivity index (χ4v) is 2.50. The Morgan fingerprint density at radius 2 is 2.06 bits per heavy atom. The Balaban J connectivity index is 2.71. The molecule has 0 saturated heterocycles. The van der Waals surface area contributed by atoms with Gasteiger partial charge in [0.1, 0.15) is 0 Å². The Morgan fingerprint density at radius 3 is 2.67 bits per heavy atom. The Morgan fingerprint density at radius 1 is 1.39 bits per heavy atom. The molecule has 18 heavy (non-hydrogen) atoms. The fraction of sp³-hybridized carbons (Fsp3) is 0.538. The Kier molecular flexibility index (Phi) is 6.15. The average Bonchev–Trinajstić information content (AvgIpc) is 2.36. The molecule has 100 valence electrons. The second-order valence-corrected chi connectivity index (χ2v) is 5.37. The van der Waals surface area contributed by atoms with Crippen molar-refractivity contribution in [1.82, 2.24) is 5.32 Å². The van der Waals surface area contributed by atoms with Crippen LogP contribution in [0.15, 0.2) is 24.3 Å². The Hall–Kier alpha value is -1.07. The number of thioether (sulfide) groups is 1. The van der Waals surface area contributed by atoms with Crippen molar-refractivity contribution in [1.29, 1.82) is 0 Å². The van der Waals surface area contributed by atoms with Crippen LogP contribution in [0.4, 0.5) is 5.69 Å². The van der Waals surface area contributed by atoms with Gasteiger partial charge in [0.05, 0.1) is 4.92 Å². The molecule has 0 aliphatic heterocycles. The van der Waals surface area contributed by atoms with Crippen LogP contribution < -0.4 is 5.32 Å². The van der Waals surface area contributed by atoms with E-state index in [0.29, 0.717) is 6.04 Å². The summed E-state index contributed by atoms with van der Waals surface area (Å²) in [6, 6.07) is 7.26. The van der Waals surface area contributed by atoms with Gasteiger partial charge < -0.3 is 5.32 Å². The number of rotatable bonds is 7. The summed E-state index contributed by atoms with van der Waals surface area (Å²) in [5, 5.41) is 14.4. The summed E-state index contributed by atoms with van der Waals surface area (Å²) < 4.78 is 0. The number of hydrogen-bond donors (Lipinski definition) is 1. The summed E-state index contributed by atoms with van der Waals surface area (Å²) in [5.74, 6) is 1.10. The lowest BCUT2D eigenvalue weighted by molar-refractivity contribution is -0.385. The number of hydrogen-bond acceptors (Lipinski definition) is 4. The summed E-state index contributed by atoms with van der Waals surface area (Å²) in [5.41, 5.74) is 0.938. The molecule has 0 amide bonds. The predicted octanol–water partition coefficient (Wildman–Crippen LogP) is 3.39. The SMILES string of the molecule is CSCCC(C)NC(C)c1ccccc1[N+](=O)[O-]. The molecule has 1 N–H and O–H groups in total. The first kappa shape index (κ1) is 15.0. The maximum absolute atomic E-state index is 11.0. The third-order valence-corrected chi connectivity index (χ3v) is 3.53. The average molecular weight is 268 g/mol. The van der Waals surface area contributed by atoms with Crippen molar-refractivity contribution in [3.05, 3.63) is 39.9 Å². The van der Waals surface area contributed by atoms with Crippen molar-refractivity contribution in [2.45, 2.75) is 32.4 Å². The smallest absolute Gasteiger partial charge is 0.274 e. The number of nitrogens with zero attached hydrogens (tertiary/aromatic N) is 1. The number of nitro groups is 1. The molecule has 1 rings (SSSR count). The van der Waals surface area contributed by atoms with E-state index in [2.05, 4.69) is 18.5 Å². The summed E-state index contributed by atoms with van der Waals surface area (Å²) in [4.78, 5) is 10.6. The molecule has 0 heterocycles. The van der Waals surface area contributed by atoms with Crippen LogP contribution in [-0.4, -0.2) is 23.0 Å². The largest absolute Gasteiger partial charge is 0.307 e. The normalized spacial score (nSPS) is 14.2. The van der Waals surface area contributed by atoms with Gasteiger partial charge in [-0.1, -0.05) is 18.2 Å². The maximum Gasteiger partial charge on any atom is 0.274 e. The van der Waals surface area contributed by atoms with Crippen LogP contribution in [0.3, 0.4) is 0 Å². The molecule has 0 fully saturated rings.